The van der Waals surface area contributed by atoms with Gasteiger partial charge in [-0.15, -0.1) is 0 Å². The molecule has 3 aromatic heterocycles. The topological polar surface area (TPSA) is 95.3 Å². The number of hydrogen-bond acceptors (Lipinski definition) is 7. The maximum Gasteiger partial charge on any atom is 0.433 e. The number of carbonyl (C=O) groups excluding carboxylic acids is 1. The number of rotatable bonds is 6. The minimum Gasteiger partial charge on any atom is -0.384 e. The number of nitrogens with zero attached hydrogens (tertiary/aromatic N) is 6. The van der Waals surface area contributed by atoms with Crippen molar-refractivity contribution in [3.8, 4) is 11.4 Å². The van der Waals surface area contributed by atoms with Gasteiger partial charge in [0.2, 0.25) is 5.91 Å². The third-order valence-corrected chi connectivity index (χ3v) is 9.45. The van der Waals surface area contributed by atoms with Crippen molar-refractivity contribution in [3.05, 3.63) is 66.4 Å². The van der Waals surface area contributed by atoms with Gasteiger partial charge in [-0.25, -0.2) is 15.0 Å². The van der Waals surface area contributed by atoms with Crippen LogP contribution in [0.25, 0.3) is 11.4 Å². The summed E-state index contributed by atoms with van der Waals surface area (Å²) in [5, 5.41) is 11.4. The third kappa shape index (κ3) is 6.66. The van der Waals surface area contributed by atoms with Crippen molar-refractivity contribution in [2.45, 2.75) is 63.1 Å². The van der Waals surface area contributed by atoms with Crippen LogP contribution in [0.4, 0.5) is 19.0 Å². The number of piperidine rings is 1. The number of anilines is 1. The molecule has 6 rings (SSSR count). The van der Waals surface area contributed by atoms with Crippen molar-refractivity contribution in [1.29, 1.82) is 0 Å². The number of halogens is 3. The molecule has 2 saturated heterocycles. The van der Waals surface area contributed by atoms with Gasteiger partial charge < -0.3 is 14.9 Å². The zero-order chi connectivity index (χ0) is 30.0. The number of hydrogen-bond donors (Lipinski definition) is 1. The van der Waals surface area contributed by atoms with E-state index in [-0.39, 0.29) is 11.8 Å². The van der Waals surface area contributed by atoms with Gasteiger partial charge in [0.25, 0.3) is 0 Å². The lowest BCUT2D eigenvalue weighted by molar-refractivity contribution is -0.141. The maximum absolute atomic E-state index is 13.3. The molecule has 1 saturated carbocycles. The van der Waals surface area contributed by atoms with Crippen molar-refractivity contribution < 1.29 is 23.1 Å². The van der Waals surface area contributed by atoms with Gasteiger partial charge >= 0.3 is 6.18 Å². The monoisotopic (exact) mass is 594 g/mol. The van der Waals surface area contributed by atoms with Crippen LogP contribution >= 0.6 is 0 Å². The van der Waals surface area contributed by atoms with Gasteiger partial charge in [-0.05, 0) is 93.5 Å². The number of aromatic nitrogens is 4. The van der Waals surface area contributed by atoms with Crippen molar-refractivity contribution in [3.63, 3.8) is 0 Å². The number of alkyl halides is 3. The zero-order valence-electron chi connectivity index (χ0n) is 24.1. The molecule has 3 aliphatic rings. The minimum atomic E-state index is -4.47. The number of likely N-dealkylation sites (tertiary alicyclic amines) is 1. The van der Waals surface area contributed by atoms with Crippen LogP contribution in [0.5, 0.6) is 0 Å². The van der Waals surface area contributed by atoms with Crippen molar-refractivity contribution in [2.24, 2.45) is 17.8 Å². The van der Waals surface area contributed by atoms with Crippen molar-refractivity contribution >= 4 is 11.7 Å². The van der Waals surface area contributed by atoms with E-state index >= 15 is 0 Å². The molecular weight excluding hydrogens is 557 g/mol. The van der Waals surface area contributed by atoms with Gasteiger partial charge in [0.15, 0.2) is 5.82 Å². The van der Waals surface area contributed by atoms with E-state index in [0.717, 1.165) is 50.4 Å². The van der Waals surface area contributed by atoms with Crippen LogP contribution in [-0.2, 0) is 16.6 Å². The fourth-order valence-corrected chi connectivity index (χ4v) is 6.96. The van der Waals surface area contributed by atoms with Gasteiger partial charge in [0.1, 0.15) is 17.1 Å². The molecule has 0 unspecified atom stereocenters. The Kier molecular flexibility index (Phi) is 8.35. The Morgan fingerprint density at radius 2 is 1.65 bits per heavy atom. The molecule has 2 aliphatic heterocycles. The highest BCUT2D eigenvalue weighted by Crippen LogP contribution is 2.42. The predicted molar refractivity (Wildman–Crippen MR) is 155 cm³/mol. The minimum absolute atomic E-state index is 0.0992. The van der Waals surface area contributed by atoms with E-state index in [9.17, 15) is 23.1 Å². The van der Waals surface area contributed by atoms with Crippen molar-refractivity contribution in [1.82, 2.24) is 24.8 Å². The van der Waals surface area contributed by atoms with Crippen LogP contribution < -0.4 is 4.90 Å². The number of aliphatic hydroxyl groups is 1. The molecule has 1 N–H and O–H groups in total. The fraction of sp³-hybridized carbons (Fsp3) is 0.531. The molecule has 0 spiro atoms. The van der Waals surface area contributed by atoms with Crippen LogP contribution in [0, 0.1) is 17.8 Å². The van der Waals surface area contributed by atoms with Gasteiger partial charge in [-0.2, -0.15) is 13.2 Å². The molecule has 3 aromatic rings. The Hall–Kier alpha value is -3.60. The molecule has 8 nitrogen and oxygen atoms in total. The zero-order valence-corrected chi connectivity index (χ0v) is 24.1. The second kappa shape index (κ2) is 12.2. The summed E-state index contributed by atoms with van der Waals surface area (Å²) < 4.78 is 39.2. The van der Waals surface area contributed by atoms with Crippen LogP contribution in [0.15, 0.2) is 55.0 Å². The lowest BCUT2D eigenvalue weighted by Crippen LogP contribution is -2.42. The Morgan fingerprint density at radius 3 is 2.33 bits per heavy atom. The summed E-state index contributed by atoms with van der Waals surface area (Å²) in [4.78, 5) is 34.0. The molecule has 43 heavy (non-hydrogen) atoms. The first-order valence-corrected chi connectivity index (χ1v) is 15.2. The highest BCUT2D eigenvalue weighted by molar-refractivity contribution is 5.79. The first kappa shape index (κ1) is 29.5. The van der Waals surface area contributed by atoms with E-state index in [1.165, 1.54) is 6.07 Å². The van der Waals surface area contributed by atoms with Crippen LogP contribution in [0.1, 0.15) is 62.8 Å². The fourth-order valence-electron chi connectivity index (χ4n) is 6.96. The average Bonchev–Trinajstić information content (AvgIpc) is 3.51. The summed E-state index contributed by atoms with van der Waals surface area (Å²) in [7, 11) is 0. The second-order valence-electron chi connectivity index (χ2n) is 12.3. The first-order valence-electron chi connectivity index (χ1n) is 15.2. The van der Waals surface area contributed by atoms with Crippen LogP contribution in [0.3, 0.4) is 0 Å². The second-order valence-corrected chi connectivity index (χ2v) is 12.3. The molecular formula is C32H37F3N6O2. The standard InChI is InChI=1S/C32H37F3N6O2/c33-32(34,35)27-3-1-4-28(39-27)40-17-10-24(11-18-40)30(42)41-16-9-23(21-41)19-22-7-12-31(43,13-8-22)26-6-5-25(20-38-26)29-36-14-2-15-37-29/h1-6,14-15,20,22-24,43H,7-13,16-19,21H2/t22?,23-,31?/m1/s1. The molecule has 1 atom stereocenters. The van der Waals surface area contributed by atoms with E-state index in [1.54, 1.807) is 30.7 Å². The highest BCUT2D eigenvalue weighted by atomic mass is 19.4. The van der Waals surface area contributed by atoms with E-state index < -0.39 is 17.5 Å². The van der Waals surface area contributed by atoms with E-state index in [4.69, 9.17) is 0 Å². The Bertz CT molecular complexity index is 1390. The molecule has 11 heteroatoms. The molecule has 3 fully saturated rings. The quantitative estimate of drug-likeness (QED) is 0.404. The molecule has 228 valence electrons. The molecule has 5 heterocycles. The molecule has 0 aromatic carbocycles. The summed E-state index contributed by atoms with van der Waals surface area (Å²) in [6.07, 6.45) is 7.10. The maximum atomic E-state index is 13.3. The van der Waals surface area contributed by atoms with E-state index in [0.29, 0.717) is 67.9 Å². The highest BCUT2D eigenvalue weighted by Gasteiger charge is 2.39. The van der Waals surface area contributed by atoms with E-state index in [1.807, 2.05) is 21.9 Å². The summed E-state index contributed by atoms with van der Waals surface area (Å²) in [6.45, 7) is 2.56. The van der Waals surface area contributed by atoms with Crippen LogP contribution in [0.2, 0.25) is 0 Å². The van der Waals surface area contributed by atoms with Crippen LogP contribution in [-0.4, -0.2) is 62.0 Å². The smallest absolute Gasteiger partial charge is 0.384 e. The summed E-state index contributed by atoms with van der Waals surface area (Å²) in [5.41, 5.74) is -0.306. The third-order valence-electron chi connectivity index (χ3n) is 9.45. The van der Waals surface area contributed by atoms with Gasteiger partial charge in [-0.1, -0.05) is 6.07 Å². The lowest BCUT2D eigenvalue weighted by atomic mass is 9.74. The lowest BCUT2D eigenvalue weighted by Gasteiger charge is -2.36. The molecule has 1 amide bonds. The van der Waals surface area contributed by atoms with E-state index in [2.05, 4.69) is 19.9 Å². The number of pyridine rings is 2. The predicted octanol–water partition coefficient (Wildman–Crippen LogP) is 5.49. The molecule has 1 aliphatic carbocycles. The number of amides is 1. The summed E-state index contributed by atoms with van der Waals surface area (Å²) in [5.74, 6) is 1.97. The van der Waals surface area contributed by atoms with Crippen molar-refractivity contribution in [2.75, 3.05) is 31.1 Å². The van der Waals surface area contributed by atoms with Gasteiger partial charge in [0, 0.05) is 56.3 Å². The van der Waals surface area contributed by atoms with Gasteiger partial charge in [-0.3, -0.25) is 9.78 Å². The normalized spacial score (nSPS) is 25.2. The summed E-state index contributed by atoms with van der Waals surface area (Å²) in [6, 6.07) is 9.53. The Labute approximate surface area is 249 Å². The Balaban J connectivity index is 0.955. The molecule has 0 radical (unpaired) electrons. The SMILES string of the molecule is O=C(C1CCN(c2cccc(C(F)(F)F)n2)CC1)N1CC[C@H](CC2CCC(O)(c3ccc(-c4ncccn4)cn3)CC2)C1. The number of carbonyl (C=O) groups is 1. The Morgan fingerprint density at radius 1 is 0.907 bits per heavy atom. The summed E-state index contributed by atoms with van der Waals surface area (Å²) >= 11 is 0. The average molecular weight is 595 g/mol. The molecule has 0 bridgehead atoms. The largest absolute Gasteiger partial charge is 0.433 e. The first-order chi connectivity index (χ1) is 20.7. The van der Waals surface area contributed by atoms with Gasteiger partial charge in [0.05, 0.1) is 5.69 Å².